The molecule has 0 bridgehead atoms. The smallest absolute Gasteiger partial charge is 0.156 e. The maximum Gasteiger partial charge on any atom is 0.156 e. The van der Waals surface area contributed by atoms with Crippen molar-refractivity contribution >= 4 is 0 Å². The lowest BCUT2D eigenvalue weighted by Crippen LogP contribution is -2.10. The Morgan fingerprint density at radius 2 is 2.00 bits per heavy atom. The number of ether oxygens (including phenoxy) is 3. The first-order chi connectivity index (χ1) is 7.61. The van der Waals surface area contributed by atoms with E-state index in [1.807, 2.05) is 13.8 Å². The van der Waals surface area contributed by atoms with E-state index in [0.717, 1.165) is 0 Å². The van der Waals surface area contributed by atoms with E-state index in [0.29, 0.717) is 11.3 Å². The first-order valence-corrected chi connectivity index (χ1v) is 5.29. The van der Waals surface area contributed by atoms with E-state index in [1.165, 1.54) is 0 Å². The van der Waals surface area contributed by atoms with Crippen molar-refractivity contribution in [2.75, 3.05) is 7.11 Å². The molecule has 1 N–H and O–H groups in total. The van der Waals surface area contributed by atoms with Gasteiger partial charge in [0, 0.05) is 5.56 Å². The Kier molecular flexibility index (Phi) is 3.03. The van der Waals surface area contributed by atoms with Crippen LogP contribution in [0.4, 0.5) is 0 Å². The monoisotopic (exact) mass is 224 g/mol. The molecule has 1 heterocycles. The first-order valence-electron chi connectivity index (χ1n) is 5.29. The van der Waals surface area contributed by atoms with Crippen LogP contribution in [0.15, 0.2) is 18.2 Å². The van der Waals surface area contributed by atoms with E-state index in [1.54, 1.807) is 25.3 Å². The SMILES string of the molecule is COc1ccc(O)c([C@H]2O[C@@H](C)O[C@H]2C)c1. The van der Waals surface area contributed by atoms with Gasteiger partial charge in [-0.2, -0.15) is 0 Å². The molecule has 0 spiro atoms. The zero-order chi connectivity index (χ0) is 11.7. The van der Waals surface area contributed by atoms with Crippen molar-refractivity contribution in [2.45, 2.75) is 32.3 Å². The Balaban J connectivity index is 2.32. The summed E-state index contributed by atoms with van der Waals surface area (Å²) in [5.74, 6) is 0.901. The van der Waals surface area contributed by atoms with Gasteiger partial charge in [-0.15, -0.1) is 0 Å². The number of aromatic hydroxyl groups is 1. The van der Waals surface area contributed by atoms with Gasteiger partial charge in [-0.1, -0.05) is 0 Å². The van der Waals surface area contributed by atoms with E-state index >= 15 is 0 Å². The van der Waals surface area contributed by atoms with E-state index < -0.39 is 0 Å². The van der Waals surface area contributed by atoms with Gasteiger partial charge in [0.2, 0.25) is 0 Å². The molecule has 0 unspecified atom stereocenters. The van der Waals surface area contributed by atoms with Crippen LogP contribution in [0, 0.1) is 0 Å². The molecule has 1 aliphatic heterocycles. The molecule has 1 saturated heterocycles. The van der Waals surface area contributed by atoms with Crippen LogP contribution in [-0.2, 0) is 9.47 Å². The molecule has 2 rings (SSSR count). The molecule has 1 fully saturated rings. The molecule has 4 heteroatoms. The molecule has 4 nitrogen and oxygen atoms in total. The van der Waals surface area contributed by atoms with Gasteiger partial charge in [-0.25, -0.2) is 0 Å². The number of hydrogen-bond acceptors (Lipinski definition) is 4. The summed E-state index contributed by atoms with van der Waals surface area (Å²) in [6.07, 6.45) is -0.566. The Hall–Kier alpha value is -1.26. The molecular weight excluding hydrogens is 208 g/mol. The minimum atomic E-state index is -0.245. The molecule has 0 saturated carbocycles. The number of rotatable bonds is 2. The third kappa shape index (κ3) is 1.99. The van der Waals surface area contributed by atoms with Gasteiger partial charge >= 0.3 is 0 Å². The maximum atomic E-state index is 9.80. The zero-order valence-corrected chi connectivity index (χ0v) is 9.64. The van der Waals surface area contributed by atoms with Gasteiger partial charge < -0.3 is 19.3 Å². The predicted molar refractivity (Wildman–Crippen MR) is 58.5 cm³/mol. The van der Waals surface area contributed by atoms with Gasteiger partial charge in [-0.3, -0.25) is 0 Å². The Morgan fingerprint density at radius 3 is 2.56 bits per heavy atom. The van der Waals surface area contributed by atoms with E-state index in [-0.39, 0.29) is 24.2 Å². The topological polar surface area (TPSA) is 47.9 Å². The summed E-state index contributed by atoms with van der Waals surface area (Å²) in [5.41, 5.74) is 0.705. The highest BCUT2D eigenvalue weighted by atomic mass is 16.7. The molecule has 88 valence electrons. The van der Waals surface area contributed by atoms with Crippen LogP contribution in [0.25, 0.3) is 0 Å². The molecule has 16 heavy (non-hydrogen) atoms. The zero-order valence-electron chi connectivity index (χ0n) is 9.64. The van der Waals surface area contributed by atoms with Crippen molar-refractivity contribution < 1.29 is 19.3 Å². The van der Waals surface area contributed by atoms with Crippen LogP contribution < -0.4 is 4.74 Å². The predicted octanol–water partition coefficient (Wildman–Crippen LogP) is 2.22. The van der Waals surface area contributed by atoms with Crippen molar-refractivity contribution in [2.24, 2.45) is 0 Å². The van der Waals surface area contributed by atoms with Gasteiger partial charge in [0.1, 0.15) is 17.6 Å². The van der Waals surface area contributed by atoms with Gasteiger partial charge in [0.25, 0.3) is 0 Å². The molecule has 0 aromatic heterocycles. The summed E-state index contributed by atoms with van der Waals surface area (Å²) >= 11 is 0. The fraction of sp³-hybridized carbons (Fsp3) is 0.500. The second kappa shape index (κ2) is 4.31. The van der Waals surface area contributed by atoms with Crippen molar-refractivity contribution in [1.82, 2.24) is 0 Å². The molecule has 0 aliphatic carbocycles. The average molecular weight is 224 g/mol. The van der Waals surface area contributed by atoms with Crippen LogP contribution in [0.3, 0.4) is 0 Å². The largest absolute Gasteiger partial charge is 0.508 e. The minimum Gasteiger partial charge on any atom is -0.508 e. The third-order valence-electron chi connectivity index (χ3n) is 2.71. The standard InChI is InChI=1S/C12H16O4/c1-7-12(16-8(2)15-7)10-6-9(14-3)4-5-11(10)13/h4-8,12-13H,1-3H3/t7-,8-,12-/m0/s1. The van der Waals surface area contributed by atoms with E-state index in [4.69, 9.17) is 14.2 Å². The molecule has 3 atom stereocenters. The lowest BCUT2D eigenvalue weighted by atomic mass is 10.0. The first kappa shape index (κ1) is 11.2. The van der Waals surface area contributed by atoms with Crippen LogP contribution in [0.2, 0.25) is 0 Å². The summed E-state index contributed by atoms with van der Waals surface area (Å²) < 4.78 is 16.2. The maximum absolute atomic E-state index is 9.80. The Bertz CT molecular complexity index is 377. The molecule has 0 radical (unpaired) electrons. The Labute approximate surface area is 94.8 Å². The number of phenolic OH excluding ortho intramolecular Hbond substituents is 1. The van der Waals surface area contributed by atoms with E-state index in [2.05, 4.69) is 0 Å². The fourth-order valence-electron chi connectivity index (χ4n) is 1.94. The molecule has 1 aromatic carbocycles. The average Bonchev–Trinajstić information content (AvgIpc) is 2.58. The van der Waals surface area contributed by atoms with E-state index in [9.17, 15) is 5.11 Å². The molecular formula is C12H16O4. The van der Waals surface area contributed by atoms with Crippen molar-refractivity contribution in [3.05, 3.63) is 23.8 Å². The lowest BCUT2D eigenvalue weighted by molar-refractivity contribution is -0.0496. The summed E-state index contributed by atoms with van der Waals surface area (Å²) in [6.45, 7) is 3.76. The number of hydrogen-bond donors (Lipinski definition) is 1. The summed E-state index contributed by atoms with van der Waals surface area (Å²) in [4.78, 5) is 0. The summed E-state index contributed by atoms with van der Waals surface area (Å²) in [7, 11) is 1.59. The molecule has 0 amide bonds. The molecule has 1 aliphatic rings. The summed E-state index contributed by atoms with van der Waals surface area (Å²) in [6, 6.07) is 5.09. The highest BCUT2D eigenvalue weighted by Crippen LogP contribution is 2.38. The van der Waals surface area contributed by atoms with Crippen LogP contribution in [0.5, 0.6) is 11.5 Å². The molecule has 1 aromatic rings. The lowest BCUT2D eigenvalue weighted by Gasteiger charge is -2.15. The van der Waals surface area contributed by atoms with Crippen molar-refractivity contribution in [3.63, 3.8) is 0 Å². The van der Waals surface area contributed by atoms with Gasteiger partial charge in [0.05, 0.1) is 13.2 Å². The van der Waals surface area contributed by atoms with Crippen molar-refractivity contribution in [1.29, 1.82) is 0 Å². The normalized spacial score (nSPS) is 29.3. The van der Waals surface area contributed by atoms with Crippen LogP contribution in [0.1, 0.15) is 25.5 Å². The number of methoxy groups -OCH3 is 1. The fourth-order valence-corrected chi connectivity index (χ4v) is 1.94. The summed E-state index contributed by atoms with van der Waals surface area (Å²) in [5, 5.41) is 9.80. The highest BCUT2D eigenvalue weighted by molar-refractivity contribution is 5.41. The highest BCUT2D eigenvalue weighted by Gasteiger charge is 2.33. The second-order valence-electron chi connectivity index (χ2n) is 3.89. The minimum absolute atomic E-state index is 0.0759. The van der Waals surface area contributed by atoms with Crippen LogP contribution in [-0.4, -0.2) is 24.6 Å². The van der Waals surface area contributed by atoms with Crippen LogP contribution >= 0.6 is 0 Å². The Morgan fingerprint density at radius 1 is 1.25 bits per heavy atom. The number of benzene rings is 1. The van der Waals surface area contributed by atoms with Gasteiger partial charge in [-0.05, 0) is 32.0 Å². The van der Waals surface area contributed by atoms with Crippen molar-refractivity contribution in [3.8, 4) is 11.5 Å². The third-order valence-corrected chi connectivity index (χ3v) is 2.71. The van der Waals surface area contributed by atoms with Gasteiger partial charge in [0.15, 0.2) is 6.29 Å². The second-order valence-corrected chi connectivity index (χ2v) is 3.89. The quantitative estimate of drug-likeness (QED) is 0.836. The number of phenols is 1.